The molecule has 0 fully saturated rings. The topological polar surface area (TPSA) is 39.4 Å². The Bertz CT molecular complexity index is 341. The van der Waals surface area contributed by atoms with E-state index in [1.165, 1.54) is 25.5 Å². The molecule has 1 aromatic rings. The van der Waals surface area contributed by atoms with E-state index in [9.17, 15) is 4.79 Å². The summed E-state index contributed by atoms with van der Waals surface area (Å²) in [6, 6.07) is 1.80. The van der Waals surface area contributed by atoms with Gasteiger partial charge in [-0.3, -0.25) is 0 Å². The van der Waals surface area contributed by atoms with E-state index in [4.69, 9.17) is 9.15 Å². The molecule has 0 aliphatic carbocycles. The fraction of sp³-hybridized carbons (Fsp3) is 0.643. The van der Waals surface area contributed by atoms with Crippen molar-refractivity contribution in [3.05, 3.63) is 23.7 Å². The highest BCUT2D eigenvalue weighted by Crippen LogP contribution is 2.24. The van der Waals surface area contributed by atoms with E-state index in [1.807, 2.05) is 0 Å². The molecule has 1 aromatic heterocycles. The maximum Gasteiger partial charge on any atom is 0.341 e. The van der Waals surface area contributed by atoms with Gasteiger partial charge >= 0.3 is 5.97 Å². The van der Waals surface area contributed by atoms with Crippen molar-refractivity contribution >= 4 is 5.97 Å². The molecule has 0 bridgehead atoms. The summed E-state index contributed by atoms with van der Waals surface area (Å²) in [4.78, 5) is 11.5. The number of ether oxygens (including phenoxy) is 1. The van der Waals surface area contributed by atoms with E-state index in [0.717, 1.165) is 12.2 Å². The smallest absolute Gasteiger partial charge is 0.341 e. The predicted octanol–water partition coefficient (Wildman–Crippen LogP) is 4.14. The van der Waals surface area contributed by atoms with Gasteiger partial charge in [-0.15, -0.1) is 0 Å². The fourth-order valence-corrected chi connectivity index (χ4v) is 1.78. The first-order valence-corrected chi connectivity index (χ1v) is 6.44. The molecule has 0 saturated carbocycles. The van der Waals surface area contributed by atoms with E-state index in [-0.39, 0.29) is 5.97 Å². The van der Waals surface area contributed by atoms with Crippen LogP contribution in [0.25, 0.3) is 0 Å². The quantitative estimate of drug-likeness (QED) is 0.529. The van der Waals surface area contributed by atoms with E-state index in [1.54, 1.807) is 13.0 Å². The normalized spacial score (nSPS) is 12.4. The second kappa shape index (κ2) is 7.15. The van der Waals surface area contributed by atoms with Crippen LogP contribution in [0.3, 0.4) is 0 Å². The van der Waals surface area contributed by atoms with Crippen LogP contribution in [0.2, 0.25) is 0 Å². The van der Waals surface area contributed by atoms with Crippen LogP contribution in [0.5, 0.6) is 0 Å². The van der Waals surface area contributed by atoms with Crippen molar-refractivity contribution in [2.24, 2.45) is 0 Å². The van der Waals surface area contributed by atoms with Gasteiger partial charge in [0.05, 0.1) is 12.2 Å². The van der Waals surface area contributed by atoms with Crippen LogP contribution in [0.4, 0.5) is 0 Å². The summed E-state index contributed by atoms with van der Waals surface area (Å²) in [5.41, 5.74) is 0.518. The Morgan fingerprint density at radius 2 is 2.18 bits per heavy atom. The van der Waals surface area contributed by atoms with Gasteiger partial charge in [0.1, 0.15) is 12.0 Å². The van der Waals surface area contributed by atoms with Crippen LogP contribution >= 0.6 is 0 Å². The van der Waals surface area contributed by atoms with E-state index in [2.05, 4.69) is 13.8 Å². The largest absolute Gasteiger partial charge is 0.468 e. The summed E-state index contributed by atoms with van der Waals surface area (Å²) >= 11 is 0. The third-order valence-corrected chi connectivity index (χ3v) is 2.86. The van der Waals surface area contributed by atoms with Crippen molar-refractivity contribution in [2.75, 3.05) is 6.61 Å². The summed E-state index contributed by atoms with van der Waals surface area (Å²) in [5.74, 6) is 0.942. The molecule has 0 aliphatic heterocycles. The van der Waals surface area contributed by atoms with Gasteiger partial charge in [0.25, 0.3) is 0 Å². The van der Waals surface area contributed by atoms with Crippen LogP contribution in [-0.4, -0.2) is 12.6 Å². The van der Waals surface area contributed by atoms with Gasteiger partial charge in [-0.05, 0) is 19.4 Å². The van der Waals surface area contributed by atoms with Crippen molar-refractivity contribution in [2.45, 2.75) is 52.4 Å². The molecule has 1 heterocycles. The molecule has 17 heavy (non-hydrogen) atoms. The molecule has 0 radical (unpaired) electrons. The number of unbranched alkanes of at least 4 members (excludes halogenated alkanes) is 2. The van der Waals surface area contributed by atoms with Crippen LogP contribution in [-0.2, 0) is 4.74 Å². The lowest BCUT2D eigenvalue weighted by Gasteiger charge is -2.06. The average Bonchev–Trinajstić information content (AvgIpc) is 2.79. The highest BCUT2D eigenvalue weighted by Gasteiger charge is 2.14. The highest BCUT2D eigenvalue weighted by atomic mass is 16.5. The monoisotopic (exact) mass is 238 g/mol. The molecule has 0 saturated heterocycles. The molecular formula is C14H22O3. The maximum absolute atomic E-state index is 11.5. The van der Waals surface area contributed by atoms with Crippen LogP contribution < -0.4 is 0 Å². The van der Waals surface area contributed by atoms with Crippen molar-refractivity contribution in [1.29, 1.82) is 0 Å². The van der Waals surface area contributed by atoms with Crippen LogP contribution in [0.15, 0.2) is 16.7 Å². The number of carbonyl (C=O) groups is 1. The Hall–Kier alpha value is -1.25. The summed E-state index contributed by atoms with van der Waals surface area (Å²) in [6.45, 7) is 6.51. The lowest BCUT2D eigenvalue weighted by Crippen LogP contribution is -2.02. The Labute approximate surface area is 103 Å². The Morgan fingerprint density at radius 3 is 2.82 bits per heavy atom. The lowest BCUT2D eigenvalue weighted by molar-refractivity contribution is 0.0525. The van der Waals surface area contributed by atoms with Crippen LogP contribution in [0.1, 0.15) is 68.5 Å². The van der Waals surface area contributed by atoms with Crippen molar-refractivity contribution < 1.29 is 13.9 Å². The van der Waals surface area contributed by atoms with Gasteiger partial charge < -0.3 is 9.15 Å². The number of esters is 1. The van der Waals surface area contributed by atoms with Gasteiger partial charge in [-0.25, -0.2) is 4.79 Å². The Balaban J connectivity index is 2.51. The zero-order valence-corrected chi connectivity index (χ0v) is 11.0. The summed E-state index contributed by atoms with van der Waals surface area (Å²) < 4.78 is 10.3. The van der Waals surface area contributed by atoms with Crippen molar-refractivity contribution in [3.63, 3.8) is 0 Å². The molecule has 0 aliphatic rings. The number of hydrogen-bond acceptors (Lipinski definition) is 3. The number of rotatable bonds is 7. The van der Waals surface area contributed by atoms with Gasteiger partial charge in [0.15, 0.2) is 0 Å². The fourth-order valence-electron chi connectivity index (χ4n) is 1.78. The minimum atomic E-state index is -0.303. The van der Waals surface area contributed by atoms with E-state index in [0.29, 0.717) is 18.1 Å². The minimum absolute atomic E-state index is 0.303. The minimum Gasteiger partial charge on any atom is -0.468 e. The summed E-state index contributed by atoms with van der Waals surface area (Å²) in [5, 5.41) is 0. The number of carbonyl (C=O) groups excluding carboxylic acids is 1. The highest BCUT2D eigenvalue weighted by molar-refractivity contribution is 5.89. The Kier molecular flexibility index (Phi) is 5.81. The molecule has 0 aromatic carbocycles. The number of hydrogen-bond donors (Lipinski definition) is 0. The second-order valence-corrected chi connectivity index (χ2v) is 4.36. The third kappa shape index (κ3) is 4.25. The molecule has 1 unspecified atom stereocenters. The molecule has 3 nitrogen and oxygen atoms in total. The molecule has 3 heteroatoms. The van der Waals surface area contributed by atoms with Gasteiger partial charge in [-0.2, -0.15) is 0 Å². The Morgan fingerprint density at radius 1 is 1.41 bits per heavy atom. The first-order valence-electron chi connectivity index (χ1n) is 6.44. The SMILES string of the molecule is CCCCCC(C)c1cc(C(=O)OCC)co1. The standard InChI is InChI=1S/C14H22O3/c1-4-6-7-8-11(3)13-9-12(10-17-13)14(15)16-5-2/h9-11H,4-8H2,1-3H3. The van der Waals surface area contributed by atoms with Crippen molar-refractivity contribution in [1.82, 2.24) is 0 Å². The van der Waals surface area contributed by atoms with Gasteiger partial charge in [-0.1, -0.05) is 33.1 Å². The number of furan rings is 1. The predicted molar refractivity (Wildman–Crippen MR) is 67.2 cm³/mol. The molecule has 0 N–H and O–H groups in total. The van der Waals surface area contributed by atoms with Crippen LogP contribution in [0, 0.1) is 0 Å². The third-order valence-electron chi connectivity index (χ3n) is 2.86. The van der Waals surface area contributed by atoms with Gasteiger partial charge in [0.2, 0.25) is 0 Å². The lowest BCUT2D eigenvalue weighted by atomic mass is 10.0. The molecule has 0 amide bonds. The summed E-state index contributed by atoms with van der Waals surface area (Å²) in [7, 11) is 0. The van der Waals surface area contributed by atoms with Gasteiger partial charge in [0, 0.05) is 5.92 Å². The van der Waals surface area contributed by atoms with E-state index < -0.39 is 0 Å². The molecule has 96 valence electrons. The molecule has 1 rings (SSSR count). The first kappa shape index (κ1) is 13.8. The molecular weight excluding hydrogens is 216 g/mol. The summed E-state index contributed by atoms with van der Waals surface area (Å²) in [6.07, 6.45) is 6.26. The zero-order valence-electron chi connectivity index (χ0n) is 11.0. The zero-order chi connectivity index (χ0) is 12.7. The van der Waals surface area contributed by atoms with E-state index >= 15 is 0 Å². The molecule has 0 spiro atoms. The average molecular weight is 238 g/mol. The van der Waals surface area contributed by atoms with Crippen molar-refractivity contribution in [3.8, 4) is 0 Å². The second-order valence-electron chi connectivity index (χ2n) is 4.36. The maximum atomic E-state index is 11.5. The molecule has 1 atom stereocenters. The first-order chi connectivity index (χ1) is 8.19.